The maximum absolute atomic E-state index is 2.53. The van der Waals surface area contributed by atoms with Crippen molar-refractivity contribution in [3.63, 3.8) is 0 Å². The molecule has 0 N–H and O–H groups in total. The molecule has 0 heteroatoms. The fourth-order valence-electron chi connectivity index (χ4n) is 7.93. The van der Waals surface area contributed by atoms with Crippen LogP contribution in [0.15, 0.2) is 34.9 Å². The molecule has 0 aromatic heterocycles. The van der Waals surface area contributed by atoms with E-state index in [9.17, 15) is 0 Å². The summed E-state index contributed by atoms with van der Waals surface area (Å²) in [4.78, 5) is 0. The Hall–Kier alpha value is -0.780. The topological polar surface area (TPSA) is 0 Å². The van der Waals surface area contributed by atoms with Crippen LogP contribution in [0.2, 0.25) is 0 Å². The van der Waals surface area contributed by atoms with Gasteiger partial charge < -0.3 is 0 Å². The minimum Gasteiger partial charge on any atom is -0.0613 e. The van der Waals surface area contributed by atoms with Gasteiger partial charge in [-0.15, -0.1) is 0 Å². The lowest BCUT2D eigenvalue weighted by Gasteiger charge is -2.61. The van der Waals surface area contributed by atoms with E-state index in [4.69, 9.17) is 0 Å². The van der Waals surface area contributed by atoms with Crippen LogP contribution >= 0.6 is 0 Å². The SMILES string of the molecule is CC1=C2C=CC=C2C(C)(C)C1C12CC3CC(CC(C3)C1)C2. The van der Waals surface area contributed by atoms with Gasteiger partial charge in [0.05, 0.1) is 0 Å². The highest BCUT2D eigenvalue weighted by atomic mass is 14.6. The first kappa shape index (κ1) is 12.7. The zero-order valence-corrected chi connectivity index (χ0v) is 13.8. The lowest BCUT2D eigenvalue weighted by Crippen LogP contribution is -2.52. The molecule has 21 heavy (non-hydrogen) atoms. The van der Waals surface area contributed by atoms with Gasteiger partial charge in [-0.1, -0.05) is 37.6 Å². The number of hydrogen-bond acceptors (Lipinski definition) is 0. The predicted octanol–water partition coefficient (Wildman–Crippen LogP) is 5.67. The lowest BCUT2D eigenvalue weighted by molar-refractivity contribution is -0.0961. The Bertz CT molecular complexity index is 560. The highest BCUT2D eigenvalue weighted by Crippen LogP contribution is 2.69. The maximum atomic E-state index is 2.53. The normalized spacial score (nSPS) is 49.0. The van der Waals surface area contributed by atoms with Gasteiger partial charge in [0.2, 0.25) is 0 Å². The molecule has 1 unspecified atom stereocenters. The fraction of sp³-hybridized carbons (Fsp3) is 0.714. The Morgan fingerprint density at radius 1 is 0.952 bits per heavy atom. The van der Waals surface area contributed by atoms with Crippen molar-refractivity contribution in [3.8, 4) is 0 Å². The van der Waals surface area contributed by atoms with Crippen molar-refractivity contribution in [2.45, 2.75) is 59.3 Å². The van der Waals surface area contributed by atoms with Crippen LogP contribution in [0.1, 0.15) is 59.3 Å². The summed E-state index contributed by atoms with van der Waals surface area (Å²) in [5, 5.41) is 0. The van der Waals surface area contributed by atoms with Crippen molar-refractivity contribution in [1.82, 2.24) is 0 Å². The summed E-state index contributed by atoms with van der Waals surface area (Å²) in [7, 11) is 0. The van der Waals surface area contributed by atoms with Crippen LogP contribution in [0.5, 0.6) is 0 Å². The third-order valence-electron chi connectivity index (χ3n) is 7.79. The van der Waals surface area contributed by atoms with Crippen molar-refractivity contribution in [3.05, 3.63) is 34.9 Å². The van der Waals surface area contributed by atoms with E-state index in [1.807, 2.05) is 0 Å². The second-order valence-electron chi connectivity index (χ2n) is 9.47. The third kappa shape index (κ3) is 1.47. The van der Waals surface area contributed by atoms with Crippen LogP contribution in [0.3, 0.4) is 0 Å². The second-order valence-corrected chi connectivity index (χ2v) is 9.47. The minimum atomic E-state index is 0.356. The molecule has 0 amide bonds. The molecule has 0 nitrogen and oxygen atoms in total. The highest BCUT2D eigenvalue weighted by molar-refractivity contribution is 5.59. The summed E-state index contributed by atoms with van der Waals surface area (Å²) < 4.78 is 0. The highest BCUT2D eigenvalue weighted by Gasteiger charge is 2.60. The van der Waals surface area contributed by atoms with Crippen LogP contribution in [-0.2, 0) is 0 Å². The van der Waals surface area contributed by atoms with Gasteiger partial charge in [0.25, 0.3) is 0 Å². The van der Waals surface area contributed by atoms with Crippen LogP contribution in [0.4, 0.5) is 0 Å². The molecule has 0 aromatic carbocycles. The predicted molar refractivity (Wildman–Crippen MR) is 87.8 cm³/mol. The summed E-state index contributed by atoms with van der Waals surface area (Å²) in [5.74, 6) is 4.00. The van der Waals surface area contributed by atoms with Gasteiger partial charge in [-0.25, -0.2) is 0 Å². The molecule has 0 aliphatic heterocycles. The average Bonchev–Trinajstić information content (AvgIpc) is 2.91. The van der Waals surface area contributed by atoms with E-state index in [1.54, 1.807) is 36.0 Å². The molecule has 6 rings (SSSR count). The zero-order chi connectivity index (χ0) is 14.4. The van der Waals surface area contributed by atoms with Gasteiger partial charge in [-0.05, 0) is 91.1 Å². The van der Waals surface area contributed by atoms with Crippen LogP contribution < -0.4 is 0 Å². The quantitative estimate of drug-likeness (QED) is 0.580. The minimum absolute atomic E-state index is 0.356. The molecule has 4 fully saturated rings. The molecule has 0 saturated heterocycles. The lowest BCUT2D eigenvalue weighted by atomic mass is 9.43. The molecule has 0 heterocycles. The smallest absolute Gasteiger partial charge is 0.00267 e. The van der Waals surface area contributed by atoms with E-state index in [0.29, 0.717) is 10.8 Å². The fourth-order valence-corrected chi connectivity index (χ4v) is 7.93. The molecule has 6 aliphatic carbocycles. The first-order chi connectivity index (χ1) is 9.99. The van der Waals surface area contributed by atoms with Gasteiger partial charge in [0, 0.05) is 0 Å². The molecular formula is C21H28. The monoisotopic (exact) mass is 280 g/mol. The first-order valence-corrected chi connectivity index (χ1v) is 9.09. The van der Waals surface area contributed by atoms with E-state index < -0.39 is 0 Å². The summed E-state index contributed by atoms with van der Waals surface area (Å²) in [5.41, 5.74) is 5.96. The molecule has 4 saturated carbocycles. The maximum Gasteiger partial charge on any atom is -0.00267 e. The van der Waals surface area contributed by atoms with Gasteiger partial charge in [-0.3, -0.25) is 0 Å². The Morgan fingerprint density at radius 2 is 1.52 bits per heavy atom. The summed E-state index contributed by atoms with van der Waals surface area (Å²) >= 11 is 0. The van der Waals surface area contributed by atoms with E-state index in [2.05, 4.69) is 39.0 Å². The van der Waals surface area contributed by atoms with E-state index >= 15 is 0 Å². The molecular weight excluding hydrogens is 252 g/mol. The van der Waals surface area contributed by atoms with Crippen LogP contribution in [0.25, 0.3) is 0 Å². The molecule has 112 valence electrons. The van der Waals surface area contributed by atoms with Crippen molar-refractivity contribution >= 4 is 0 Å². The summed E-state index contributed by atoms with van der Waals surface area (Å²) in [6.07, 6.45) is 16.3. The summed E-state index contributed by atoms with van der Waals surface area (Å²) in [6.45, 7) is 7.52. The number of hydrogen-bond donors (Lipinski definition) is 0. The van der Waals surface area contributed by atoms with Gasteiger partial charge in [0.1, 0.15) is 0 Å². The molecule has 4 bridgehead atoms. The Balaban J connectivity index is 1.63. The van der Waals surface area contributed by atoms with Crippen LogP contribution in [-0.4, -0.2) is 0 Å². The number of fused-ring (bicyclic) bond motifs is 1. The van der Waals surface area contributed by atoms with Crippen molar-refractivity contribution in [1.29, 1.82) is 0 Å². The van der Waals surface area contributed by atoms with Gasteiger partial charge in [-0.2, -0.15) is 0 Å². The second kappa shape index (κ2) is 3.76. The van der Waals surface area contributed by atoms with E-state index in [1.165, 1.54) is 19.3 Å². The van der Waals surface area contributed by atoms with Crippen molar-refractivity contribution in [2.75, 3.05) is 0 Å². The molecule has 6 aliphatic rings. The Kier molecular flexibility index (Phi) is 2.28. The molecule has 1 atom stereocenters. The molecule has 0 aromatic rings. The standard InChI is InChI=1S/C21H28/c1-13-17-5-4-6-18(17)20(2,3)19(13)21-10-14-7-15(11-21)9-16(8-14)12-21/h4-6,14-16,19H,7-12H2,1-3H3. The van der Waals surface area contributed by atoms with Crippen LogP contribution in [0, 0.1) is 34.5 Å². The van der Waals surface area contributed by atoms with Crippen molar-refractivity contribution in [2.24, 2.45) is 34.5 Å². The molecule has 0 radical (unpaired) electrons. The van der Waals surface area contributed by atoms with Gasteiger partial charge in [0.15, 0.2) is 0 Å². The Morgan fingerprint density at radius 3 is 2.05 bits per heavy atom. The largest absolute Gasteiger partial charge is 0.0613 e. The number of allylic oxidation sites excluding steroid dienone is 6. The summed E-state index contributed by atoms with van der Waals surface area (Å²) in [6, 6.07) is 0. The average molecular weight is 280 g/mol. The van der Waals surface area contributed by atoms with E-state index in [0.717, 1.165) is 23.7 Å². The first-order valence-electron chi connectivity index (χ1n) is 9.09. The van der Waals surface area contributed by atoms with Gasteiger partial charge >= 0.3 is 0 Å². The van der Waals surface area contributed by atoms with E-state index in [-0.39, 0.29) is 0 Å². The molecule has 0 spiro atoms. The number of rotatable bonds is 1. The zero-order valence-electron chi connectivity index (χ0n) is 13.8. The third-order valence-corrected chi connectivity index (χ3v) is 7.79. The Labute approximate surface area is 129 Å². The van der Waals surface area contributed by atoms with Crippen molar-refractivity contribution < 1.29 is 0 Å².